The minimum absolute atomic E-state index is 0.339. The number of fused-ring (bicyclic) bond motifs is 1. The molecule has 2 rings (SSSR count). The van der Waals surface area contributed by atoms with Gasteiger partial charge in [0.05, 0.1) is 5.60 Å². The zero-order valence-corrected chi connectivity index (χ0v) is 16.4. The predicted molar refractivity (Wildman–Crippen MR) is 99.3 cm³/mol. The van der Waals surface area contributed by atoms with Gasteiger partial charge in [-0.2, -0.15) is 26.3 Å². The van der Waals surface area contributed by atoms with Gasteiger partial charge in [0, 0.05) is 0 Å². The lowest BCUT2D eigenvalue weighted by atomic mass is 9.82. The standard InChI is InChI=1S/C21H22F6O2/c1-6-13-11-14-9-7-8-10-15(14)12-16(13)17(2,3)29-18(4,5)19(28,20(22,23)24)21(25,26)27/h6-12,28H,1H2,2-5H3. The van der Waals surface area contributed by atoms with E-state index in [0.29, 0.717) is 25.0 Å². The molecule has 2 aromatic carbocycles. The Balaban J connectivity index is 2.62. The predicted octanol–water partition coefficient (Wildman–Crippen LogP) is 6.37. The van der Waals surface area contributed by atoms with Crippen molar-refractivity contribution < 1.29 is 36.2 Å². The molecule has 0 amide bonds. The van der Waals surface area contributed by atoms with E-state index in [-0.39, 0.29) is 0 Å². The first kappa shape index (κ1) is 23.2. The maximum absolute atomic E-state index is 13.4. The SMILES string of the molecule is C=Cc1cc2ccccc2cc1C(C)(C)OC(C)(C)C(O)(C(F)(F)F)C(F)(F)F. The van der Waals surface area contributed by atoms with E-state index < -0.39 is 29.2 Å². The fourth-order valence-corrected chi connectivity index (χ4v) is 3.56. The number of rotatable bonds is 5. The molecule has 0 unspecified atom stereocenters. The molecule has 0 fully saturated rings. The van der Waals surface area contributed by atoms with Gasteiger partial charge in [0.15, 0.2) is 0 Å². The van der Waals surface area contributed by atoms with Crippen LogP contribution in [0.2, 0.25) is 0 Å². The van der Waals surface area contributed by atoms with E-state index in [4.69, 9.17) is 4.74 Å². The third-order valence-electron chi connectivity index (χ3n) is 4.99. The third kappa shape index (κ3) is 3.88. The summed E-state index contributed by atoms with van der Waals surface area (Å²) in [6.45, 7) is 7.51. The number of hydrogen-bond donors (Lipinski definition) is 1. The van der Waals surface area contributed by atoms with Crippen molar-refractivity contribution in [3.63, 3.8) is 0 Å². The van der Waals surface area contributed by atoms with Gasteiger partial charge in [-0.3, -0.25) is 0 Å². The zero-order valence-electron chi connectivity index (χ0n) is 16.4. The van der Waals surface area contributed by atoms with Crippen LogP contribution >= 0.6 is 0 Å². The molecule has 0 aromatic heterocycles. The monoisotopic (exact) mass is 420 g/mol. The highest BCUT2D eigenvalue weighted by atomic mass is 19.4. The Labute approximate surface area is 164 Å². The minimum atomic E-state index is -6.00. The summed E-state index contributed by atoms with van der Waals surface area (Å²) in [6.07, 6.45) is -10.6. The van der Waals surface area contributed by atoms with Crippen molar-refractivity contribution in [2.45, 2.75) is 56.9 Å². The Bertz CT molecular complexity index is 896. The first-order valence-electron chi connectivity index (χ1n) is 8.69. The quantitative estimate of drug-likeness (QED) is 0.570. The summed E-state index contributed by atoms with van der Waals surface area (Å²) >= 11 is 0. The Hall–Kier alpha value is -2.06. The van der Waals surface area contributed by atoms with Crippen molar-refractivity contribution in [1.82, 2.24) is 0 Å². The van der Waals surface area contributed by atoms with Gasteiger partial charge in [0.1, 0.15) is 5.60 Å². The van der Waals surface area contributed by atoms with Gasteiger partial charge in [0.25, 0.3) is 5.60 Å². The maximum Gasteiger partial charge on any atom is 0.429 e. The molecule has 0 saturated carbocycles. The molecule has 0 saturated heterocycles. The van der Waals surface area contributed by atoms with E-state index >= 15 is 0 Å². The van der Waals surface area contributed by atoms with Crippen LogP contribution < -0.4 is 0 Å². The van der Waals surface area contributed by atoms with E-state index in [0.717, 1.165) is 10.8 Å². The average Bonchev–Trinajstić information content (AvgIpc) is 2.56. The highest BCUT2D eigenvalue weighted by Crippen LogP contribution is 2.52. The molecule has 0 aliphatic heterocycles. The highest BCUT2D eigenvalue weighted by molar-refractivity contribution is 5.86. The number of hydrogen-bond acceptors (Lipinski definition) is 2. The van der Waals surface area contributed by atoms with Crippen molar-refractivity contribution >= 4 is 16.8 Å². The molecule has 1 N–H and O–H groups in total. The molecule has 0 aliphatic rings. The van der Waals surface area contributed by atoms with Gasteiger partial charge in [0.2, 0.25) is 0 Å². The Morgan fingerprint density at radius 1 is 0.862 bits per heavy atom. The molecule has 0 atom stereocenters. The van der Waals surface area contributed by atoms with E-state index in [9.17, 15) is 31.4 Å². The summed E-state index contributed by atoms with van der Waals surface area (Å²) < 4.78 is 85.5. The summed E-state index contributed by atoms with van der Waals surface area (Å²) in [7, 11) is 0. The van der Waals surface area contributed by atoms with E-state index in [1.165, 1.54) is 19.9 Å². The molecular formula is C21H22F6O2. The van der Waals surface area contributed by atoms with Gasteiger partial charge in [-0.05, 0) is 61.7 Å². The first-order chi connectivity index (χ1) is 13.0. The minimum Gasteiger partial charge on any atom is -0.371 e. The third-order valence-corrected chi connectivity index (χ3v) is 4.99. The van der Waals surface area contributed by atoms with Crippen LogP contribution in [-0.4, -0.2) is 28.7 Å². The number of benzene rings is 2. The lowest BCUT2D eigenvalue weighted by Crippen LogP contribution is -2.70. The largest absolute Gasteiger partial charge is 0.429 e. The molecule has 160 valence electrons. The molecule has 29 heavy (non-hydrogen) atoms. The lowest BCUT2D eigenvalue weighted by molar-refractivity contribution is -0.420. The average molecular weight is 420 g/mol. The summed E-state index contributed by atoms with van der Waals surface area (Å²) in [6, 6.07) is 10.5. The van der Waals surface area contributed by atoms with Gasteiger partial charge >= 0.3 is 12.4 Å². The molecule has 0 aliphatic carbocycles. The van der Waals surface area contributed by atoms with Crippen LogP contribution in [0.25, 0.3) is 16.8 Å². The number of aliphatic hydroxyl groups is 1. The summed E-state index contributed by atoms with van der Waals surface area (Å²) in [5.74, 6) is 0. The lowest BCUT2D eigenvalue weighted by Gasteiger charge is -2.47. The zero-order chi connectivity index (χ0) is 22.5. The van der Waals surface area contributed by atoms with Crippen molar-refractivity contribution in [3.05, 3.63) is 54.1 Å². The van der Waals surface area contributed by atoms with Crippen molar-refractivity contribution in [2.24, 2.45) is 0 Å². The van der Waals surface area contributed by atoms with Crippen molar-refractivity contribution in [1.29, 1.82) is 0 Å². The maximum atomic E-state index is 13.4. The highest BCUT2D eigenvalue weighted by Gasteiger charge is 2.78. The molecule has 0 bridgehead atoms. The smallest absolute Gasteiger partial charge is 0.371 e. The van der Waals surface area contributed by atoms with Crippen LogP contribution in [0.5, 0.6) is 0 Å². The second-order valence-corrected chi connectivity index (χ2v) is 7.82. The number of ether oxygens (including phenoxy) is 1. The fraction of sp³-hybridized carbons (Fsp3) is 0.429. The van der Waals surface area contributed by atoms with Crippen LogP contribution in [0.15, 0.2) is 43.0 Å². The molecular weight excluding hydrogens is 398 g/mol. The Morgan fingerprint density at radius 3 is 1.72 bits per heavy atom. The van der Waals surface area contributed by atoms with E-state index in [2.05, 4.69) is 6.58 Å². The van der Waals surface area contributed by atoms with Crippen LogP contribution in [0.3, 0.4) is 0 Å². The van der Waals surface area contributed by atoms with E-state index in [1.54, 1.807) is 30.3 Å². The topological polar surface area (TPSA) is 29.5 Å². The van der Waals surface area contributed by atoms with E-state index in [1.807, 2.05) is 6.07 Å². The van der Waals surface area contributed by atoms with Crippen LogP contribution in [0.4, 0.5) is 26.3 Å². The molecule has 2 nitrogen and oxygen atoms in total. The molecule has 0 spiro atoms. The van der Waals surface area contributed by atoms with Gasteiger partial charge in [-0.15, -0.1) is 0 Å². The molecule has 0 radical (unpaired) electrons. The van der Waals surface area contributed by atoms with Crippen molar-refractivity contribution in [2.75, 3.05) is 0 Å². The van der Waals surface area contributed by atoms with Crippen LogP contribution in [0.1, 0.15) is 38.8 Å². The Kier molecular flexibility index (Phi) is 5.62. The van der Waals surface area contributed by atoms with Gasteiger partial charge in [-0.25, -0.2) is 0 Å². The normalized spacial score (nSPS) is 14.3. The fourth-order valence-electron chi connectivity index (χ4n) is 3.56. The first-order valence-corrected chi connectivity index (χ1v) is 8.69. The number of halogens is 6. The number of alkyl halides is 6. The second-order valence-electron chi connectivity index (χ2n) is 7.82. The van der Waals surface area contributed by atoms with Gasteiger partial charge in [-0.1, -0.05) is 36.9 Å². The molecule has 0 heterocycles. The summed E-state index contributed by atoms with van der Waals surface area (Å²) in [5, 5.41) is 11.4. The Morgan fingerprint density at radius 2 is 1.31 bits per heavy atom. The second kappa shape index (κ2) is 7.02. The van der Waals surface area contributed by atoms with Crippen LogP contribution in [-0.2, 0) is 10.3 Å². The van der Waals surface area contributed by atoms with Crippen LogP contribution in [0, 0.1) is 0 Å². The molecule has 2 aromatic rings. The van der Waals surface area contributed by atoms with Crippen molar-refractivity contribution in [3.8, 4) is 0 Å². The summed E-state index contributed by atoms with van der Waals surface area (Å²) in [4.78, 5) is 0. The van der Waals surface area contributed by atoms with Gasteiger partial charge < -0.3 is 9.84 Å². The molecule has 8 heteroatoms. The summed E-state index contributed by atoms with van der Waals surface area (Å²) in [5.41, 5.74) is -8.92.